The molecule has 0 radical (unpaired) electrons. The minimum atomic E-state index is -3.11. The summed E-state index contributed by atoms with van der Waals surface area (Å²) in [5.41, 5.74) is -0.216. The number of nitrogens with one attached hydrogen (secondary N) is 1. The maximum atomic E-state index is 11.3. The van der Waals surface area contributed by atoms with Crippen LogP contribution in [0, 0.1) is 5.41 Å². The van der Waals surface area contributed by atoms with Crippen LogP contribution in [-0.4, -0.2) is 55.4 Å². The fourth-order valence-corrected chi connectivity index (χ4v) is 3.93. The molecule has 0 saturated carbocycles. The van der Waals surface area contributed by atoms with Crippen LogP contribution >= 0.6 is 0 Å². The van der Waals surface area contributed by atoms with Crippen molar-refractivity contribution >= 4 is 9.84 Å². The summed E-state index contributed by atoms with van der Waals surface area (Å²) in [4.78, 5) is 0. The highest BCUT2D eigenvalue weighted by molar-refractivity contribution is 7.91. The standard InChI is InChI=1S/C11H23NO4S/c1-3-11(4-2,8-13)7-12-9-5-17(15,16)6-10(9)14/h9-10,12-14H,3-8H2,1-2H3. The highest BCUT2D eigenvalue weighted by Gasteiger charge is 2.37. The minimum absolute atomic E-state index is 0.0108. The van der Waals surface area contributed by atoms with Crippen molar-refractivity contribution in [2.75, 3.05) is 24.7 Å². The lowest BCUT2D eigenvalue weighted by Crippen LogP contribution is -2.46. The fraction of sp³-hybridized carbons (Fsp3) is 1.00. The van der Waals surface area contributed by atoms with Crippen molar-refractivity contribution in [1.82, 2.24) is 5.32 Å². The molecule has 1 aliphatic heterocycles. The van der Waals surface area contributed by atoms with Crippen LogP contribution in [0.15, 0.2) is 0 Å². The number of aliphatic hydroxyl groups is 2. The van der Waals surface area contributed by atoms with Gasteiger partial charge in [-0.1, -0.05) is 13.8 Å². The highest BCUT2D eigenvalue weighted by atomic mass is 32.2. The average Bonchev–Trinajstić information content (AvgIpc) is 2.55. The SMILES string of the molecule is CCC(CC)(CO)CNC1CS(=O)(=O)CC1O. The summed E-state index contributed by atoms with van der Waals surface area (Å²) in [6.07, 6.45) is 0.815. The lowest BCUT2D eigenvalue weighted by atomic mass is 9.83. The number of aliphatic hydroxyl groups excluding tert-OH is 2. The van der Waals surface area contributed by atoms with Crippen LogP contribution in [0.3, 0.4) is 0 Å². The zero-order valence-electron chi connectivity index (χ0n) is 10.5. The summed E-state index contributed by atoms with van der Waals surface area (Å²) < 4.78 is 22.7. The van der Waals surface area contributed by atoms with Gasteiger partial charge in [-0.2, -0.15) is 0 Å². The number of sulfone groups is 1. The molecule has 1 rings (SSSR count). The Morgan fingerprint density at radius 2 is 1.88 bits per heavy atom. The Balaban J connectivity index is 2.56. The van der Waals surface area contributed by atoms with Crippen molar-refractivity contribution in [3.63, 3.8) is 0 Å². The van der Waals surface area contributed by atoms with Crippen LogP contribution in [-0.2, 0) is 9.84 Å². The Morgan fingerprint density at radius 1 is 1.29 bits per heavy atom. The van der Waals surface area contributed by atoms with E-state index >= 15 is 0 Å². The molecule has 6 heteroatoms. The first-order valence-corrected chi connectivity index (χ1v) is 7.93. The van der Waals surface area contributed by atoms with Gasteiger partial charge >= 0.3 is 0 Å². The smallest absolute Gasteiger partial charge is 0.154 e. The van der Waals surface area contributed by atoms with Gasteiger partial charge in [0.05, 0.1) is 17.6 Å². The largest absolute Gasteiger partial charge is 0.396 e. The Bertz CT molecular complexity index is 329. The molecule has 1 aliphatic rings. The Kier molecular flexibility index (Phi) is 4.95. The second-order valence-corrected chi connectivity index (χ2v) is 7.15. The molecule has 0 aliphatic carbocycles. The zero-order chi connectivity index (χ0) is 13.1. The van der Waals surface area contributed by atoms with E-state index in [9.17, 15) is 18.6 Å². The van der Waals surface area contributed by atoms with Gasteiger partial charge in [0.2, 0.25) is 0 Å². The molecule has 0 aromatic heterocycles. The van der Waals surface area contributed by atoms with Crippen molar-refractivity contribution in [2.24, 2.45) is 5.41 Å². The maximum Gasteiger partial charge on any atom is 0.154 e. The van der Waals surface area contributed by atoms with E-state index in [1.807, 2.05) is 13.8 Å². The minimum Gasteiger partial charge on any atom is -0.396 e. The third kappa shape index (κ3) is 3.64. The predicted molar refractivity (Wildman–Crippen MR) is 66.6 cm³/mol. The molecular formula is C11H23NO4S. The summed E-state index contributed by atoms with van der Waals surface area (Å²) in [6, 6.07) is -0.399. The second kappa shape index (κ2) is 5.65. The van der Waals surface area contributed by atoms with E-state index in [1.165, 1.54) is 0 Å². The molecule has 2 atom stereocenters. The summed E-state index contributed by atoms with van der Waals surface area (Å²) in [5.74, 6) is -0.169. The molecule has 0 bridgehead atoms. The Hall–Kier alpha value is -0.170. The summed E-state index contributed by atoms with van der Waals surface area (Å²) in [7, 11) is -3.11. The van der Waals surface area contributed by atoms with Crippen molar-refractivity contribution in [2.45, 2.75) is 38.8 Å². The number of hydrogen-bond donors (Lipinski definition) is 3. The van der Waals surface area contributed by atoms with Crippen LogP contribution in [0.2, 0.25) is 0 Å². The van der Waals surface area contributed by atoms with Crippen molar-refractivity contribution < 1.29 is 18.6 Å². The second-order valence-electron chi connectivity index (χ2n) is 5.00. The molecular weight excluding hydrogens is 242 g/mol. The van der Waals surface area contributed by atoms with Crippen LogP contribution in [0.5, 0.6) is 0 Å². The third-order valence-electron chi connectivity index (χ3n) is 3.90. The van der Waals surface area contributed by atoms with Gasteiger partial charge in [-0.05, 0) is 12.8 Å². The zero-order valence-corrected chi connectivity index (χ0v) is 11.3. The average molecular weight is 265 g/mol. The first kappa shape index (κ1) is 14.9. The molecule has 0 aromatic carbocycles. The van der Waals surface area contributed by atoms with Gasteiger partial charge in [0, 0.05) is 24.6 Å². The summed E-state index contributed by atoms with van der Waals surface area (Å²) >= 11 is 0. The third-order valence-corrected chi connectivity index (χ3v) is 5.61. The van der Waals surface area contributed by atoms with Crippen LogP contribution < -0.4 is 5.32 Å². The van der Waals surface area contributed by atoms with E-state index < -0.39 is 22.0 Å². The topological polar surface area (TPSA) is 86.6 Å². The van der Waals surface area contributed by atoms with E-state index in [-0.39, 0.29) is 23.5 Å². The van der Waals surface area contributed by atoms with E-state index in [2.05, 4.69) is 5.32 Å². The van der Waals surface area contributed by atoms with Gasteiger partial charge < -0.3 is 15.5 Å². The Morgan fingerprint density at radius 3 is 2.24 bits per heavy atom. The van der Waals surface area contributed by atoms with Crippen LogP contribution in [0.25, 0.3) is 0 Å². The van der Waals surface area contributed by atoms with Gasteiger partial charge in [-0.25, -0.2) is 8.42 Å². The fourth-order valence-electron chi connectivity index (χ4n) is 2.15. The molecule has 1 heterocycles. The van der Waals surface area contributed by atoms with Gasteiger partial charge in [0.25, 0.3) is 0 Å². The molecule has 1 fully saturated rings. The molecule has 2 unspecified atom stereocenters. The molecule has 0 spiro atoms. The highest BCUT2D eigenvalue weighted by Crippen LogP contribution is 2.25. The van der Waals surface area contributed by atoms with E-state index in [0.29, 0.717) is 6.54 Å². The summed E-state index contributed by atoms with van der Waals surface area (Å²) in [5, 5.41) is 22.1. The van der Waals surface area contributed by atoms with Gasteiger partial charge in [-0.3, -0.25) is 0 Å². The van der Waals surface area contributed by atoms with Gasteiger partial charge in [0.15, 0.2) is 9.84 Å². The molecule has 0 aromatic rings. The van der Waals surface area contributed by atoms with Crippen molar-refractivity contribution in [3.8, 4) is 0 Å². The van der Waals surface area contributed by atoms with Crippen molar-refractivity contribution in [1.29, 1.82) is 0 Å². The van der Waals surface area contributed by atoms with Crippen molar-refractivity contribution in [3.05, 3.63) is 0 Å². The predicted octanol–water partition coefficient (Wildman–Crippen LogP) is -0.467. The normalized spacial score (nSPS) is 28.5. The monoisotopic (exact) mass is 265 g/mol. The van der Waals surface area contributed by atoms with E-state index in [0.717, 1.165) is 12.8 Å². The molecule has 102 valence electrons. The number of rotatable bonds is 6. The Labute approximate surface area is 103 Å². The summed E-state index contributed by atoms with van der Waals surface area (Å²) in [6.45, 7) is 4.61. The molecule has 5 nitrogen and oxygen atoms in total. The maximum absolute atomic E-state index is 11.3. The first-order valence-electron chi connectivity index (χ1n) is 6.11. The lowest BCUT2D eigenvalue weighted by Gasteiger charge is -2.31. The van der Waals surface area contributed by atoms with E-state index in [1.54, 1.807) is 0 Å². The lowest BCUT2D eigenvalue weighted by molar-refractivity contribution is 0.0975. The van der Waals surface area contributed by atoms with Gasteiger partial charge in [0.1, 0.15) is 0 Å². The molecule has 3 N–H and O–H groups in total. The quantitative estimate of drug-likeness (QED) is 0.604. The number of hydrogen-bond acceptors (Lipinski definition) is 5. The molecule has 17 heavy (non-hydrogen) atoms. The van der Waals surface area contributed by atoms with E-state index in [4.69, 9.17) is 0 Å². The first-order chi connectivity index (χ1) is 7.88. The van der Waals surface area contributed by atoms with Crippen LogP contribution in [0.1, 0.15) is 26.7 Å². The molecule has 1 saturated heterocycles. The molecule has 0 amide bonds. The van der Waals surface area contributed by atoms with Gasteiger partial charge in [-0.15, -0.1) is 0 Å². The van der Waals surface area contributed by atoms with Crippen LogP contribution in [0.4, 0.5) is 0 Å².